The maximum atomic E-state index is 13.8. The molecule has 4 aromatic rings. The van der Waals surface area contributed by atoms with E-state index in [0.717, 1.165) is 22.9 Å². The van der Waals surface area contributed by atoms with Gasteiger partial charge >= 0.3 is 0 Å². The molecule has 0 aliphatic heterocycles. The number of halogens is 1. The summed E-state index contributed by atoms with van der Waals surface area (Å²) in [7, 11) is 0. The molecule has 6 nitrogen and oxygen atoms in total. The second kappa shape index (κ2) is 10.6. The molecule has 0 aliphatic rings. The van der Waals surface area contributed by atoms with Crippen LogP contribution in [0.4, 0.5) is 4.39 Å². The summed E-state index contributed by atoms with van der Waals surface area (Å²) in [6.07, 6.45) is 0. The van der Waals surface area contributed by atoms with Gasteiger partial charge in [0.25, 0.3) is 5.56 Å². The van der Waals surface area contributed by atoms with Crippen LogP contribution in [0.25, 0.3) is 21.3 Å². The molecule has 0 aliphatic carbocycles. The van der Waals surface area contributed by atoms with Gasteiger partial charge in [-0.2, -0.15) is 5.26 Å². The molecule has 184 valence electrons. The van der Waals surface area contributed by atoms with Crippen LogP contribution in [0.3, 0.4) is 0 Å². The Morgan fingerprint density at radius 1 is 1.22 bits per heavy atom. The molecule has 4 rings (SSSR count). The predicted molar refractivity (Wildman–Crippen MR) is 143 cm³/mol. The minimum atomic E-state index is -0.990. The fraction of sp³-hybridized carbons (Fsp3) is 0.259. The highest BCUT2D eigenvalue weighted by atomic mass is 32.2. The highest BCUT2D eigenvalue weighted by Crippen LogP contribution is 2.32. The zero-order chi connectivity index (χ0) is 25.9. The van der Waals surface area contributed by atoms with E-state index in [1.165, 1.54) is 23.5 Å². The average molecular weight is 521 g/mol. The molecule has 0 spiro atoms. The highest BCUT2D eigenvalue weighted by Gasteiger charge is 2.30. The first-order valence-electron chi connectivity index (χ1n) is 11.4. The van der Waals surface area contributed by atoms with E-state index in [1.54, 1.807) is 23.6 Å². The number of rotatable bonds is 8. The number of carbonyl (C=O) groups is 1. The SMILES string of the molecule is CC(C)[C@](C)(C#N)NC(=O)CSc1nc2scc(-c3ccc(F)cc3)c2c(=O)n1Cc1ccccc1. The van der Waals surface area contributed by atoms with Gasteiger partial charge in [0.1, 0.15) is 16.2 Å². The summed E-state index contributed by atoms with van der Waals surface area (Å²) in [5, 5.41) is 15.0. The lowest BCUT2D eigenvalue weighted by Gasteiger charge is -2.27. The van der Waals surface area contributed by atoms with E-state index in [2.05, 4.69) is 11.4 Å². The molecule has 0 saturated carbocycles. The number of nitrogens with zero attached hydrogens (tertiary/aromatic N) is 3. The van der Waals surface area contributed by atoms with E-state index >= 15 is 0 Å². The molecule has 0 saturated heterocycles. The lowest BCUT2D eigenvalue weighted by molar-refractivity contribution is -0.120. The summed E-state index contributed by atoms with van der Waals surface area (Å²) in [5.74, 6) is -0.720. The van der Waals surface area contributed by atoms with Crippen molar-refractivity contribution in [2.75, 3.05) is 5.75 Å². The molecule has 1 N–H and O–H groups in total. The maximum absolute atomic E-state index is 13.8. The van der Waals surface area contributed by atoms with Crippen LogP contribution in [0.1, 0.15) is 26.3 Å². The number of aromatic nitrogens is 2. The van der Waals surface area contributed by atoms with E-state index in [4.69, 9.17) is 4.98 Å². The van der Waals surface area contributed by atoms with Gasteiger partial charge in [0.05, 0.1) is 23.8 Å². The van der Waals surface area contributed by atoms with Gasteiger partial charge in [-0.15, -0.1) is 11.3 Å². The third-order valence-electron chi connectivity index (χ3n) is 6.12. The second-order valence-electron chi connectivity index (χ2n) is 8.91. The van der Waals surface area contributed by atoms with Crippen LogP contribution in [-0.4, -0.2) is 26.8 Å². The Morgan fingerprint density at radius 2 is 1.92 bits per heavy atom. The van der Waals surface area contributed by atoms with Crippen LogP contribution in [0.2, 0.25) is 0 Å². The summed E-state index contributed by atoms with van der Waals surface area (Å²) >= 11 is 2.49. The molecular formula is C27H25FN4O2S2. The molecule has 0 radical (unpaired) electrons. The summed E-state index contributed by atoms with van der Waals surface area (Å²) in [5.41, 5.74) is 1.14. The van der Waals surface area contributed by atoms with E-state index in [-0.39, 0.29) is 35.5 Å². The molecule has 1 amide bonds. The number of benzene rings is 2. The number of nitriles is 1. The van der Waals surface area contributed by atoms with E-state index < -0.39 is 5.54 Å². The van der Waals surface area contributed by atoms with Gasteiger partial charge in [0.15, 0.2) is 5.16 Å². The standard InChI is InChI=1S/C27H25FN4O2S2/c1-17(2)27(3,16-29)31-22(33)15-36-26-30-24-23(21(14-35-24)19-9-11-20(28)12-10-19)25(34)32(26)13-18-7-5-4-6-8-18/h4-12,14,17H,13,15H2,1-3H3,(H,31,33)/t27-/m0/s1. The van der Waals surface area contributed by atoms with E-state index in [9.17, 15) is 19.2 Å². The van der Waals surface area contributed by atoms with Gasteiger partial charge in [-0.05, 0) is 36.1 Å². The number of carbonyl (C=O) groups excluding carboxylic acids is 1. The normalized spacial score (nSPS) is 12.9. The second-order valence-corrected chi connectivity index (χ2v) is 10.7. The molecule has 2 heterocycles. The summed E-state index contributed by atoms with van der Waals surface area (Å²) in [6, 6.07) is 17.7. The number of fused-ring (bicyclic) bond motifs is 1. The van der Waals surface area contributed by atoms with Gasteiger partial charge in [0, 0.05) is 10.9 Å². The Bertz CT molecular complexity index is 1490. The maximum Gasteiger partial charge on any atom is 0.263 e. The van der Waals surface area contributed by atoms with E-state index in [0.29, 0.717) is 20.9 Å². The van der Waals surface area contributed by atoms with Gasteiger partial charge in [-0.1, -0.05) is 68.1 Å². The Morgan fingerprint density at radius 3 is 2.56 bits per heavy atom. The fourth-order valence-corrected chi connectivity index (χ4v) is 5.41. The summed E-state index contributed by atoms with van der Waals surface area (Å²) in [4.78, 5) is 31.8. The Balaban J connectivity index is 1.73. The van der Waals surface area contributed by atoms with Gasteiger partial charge in [-0.25, -0.2) is 9.37 Å². The van der Waals surface area contributed by atoms with Crippen molar-refractivity contribution < 1.29 is 9.18 Å². The lowest BCUT2D eigenvalue weighted by atomic mass is 9.90. The smallest absolute Gasteiger partial charge is 0.263 e. The van der Waals surface area contributed by atoms with Crippen molar-refractivity contribution in [2.24, 2.45) is 5.92 Å². The fourth-order valence-electron chi connectivity index (χ4n) is 3.62. The van der Waals surface area contributed by atoms with Crippen LogP contribution < -0.4 is 10.9 Å². The quantitative estimate of drug-likeness (QED) is 0.246. The minimum absolute atomic E-state index is 0.00687. The Kier molecular flexibility index (Phi) is 7.57. The van der Waals surface area contributed by atoms with Crippen molar-refractivity contribution in [1.82, 2.24) is 14.9 Å². The van der Waals surface area contributed by atoms with Crippen molar-refractivity contribution in [1.29, 1.82) is 5.26 Å². The lowest BCUT2D eigenvalue weighted by Crippen LogP contribution is -2.49. The predicted octanol–water partition coefficient (Wildman–Crippen LogP) is 5.46. The molecule has 0 fully saturated rings. The topological polar surface area (TPSA) is 87.8 Å². The van der Waals surface area contributed by atoms with Crippen LogP contribution in [0.5, 0.6) is 0 Å². The molecule has 0 unspecified atom stereocenters. The molecule has 36 heavy (non-hydrogen) atoms. The van der Waals surface area contributed by atoms with Crippen LogP contribution in [-0.2, 0) is 11.3 Å². The third kappa shape index (κ3) is 5.35. The van der Waals surface area contributed by atoms with Crippen molar-refractivity contribution in [3.63, 3.8) is 0 Å². The van der Waals surface area contributed by atoms with Crippen LogP contribution in [0.15, 0.2) is 69.9 Å². The van der Waals surface area contributed by atoms with Gasteiger partial charge < -0.3 is 5.32 Å². The largest absolute Gasteiger partial charge is 0.337 e. The number of thiophene rings is 1. The van der Waals surface area contributed by atoms with Crippen molar-refractivity contribution in [3.8, 4) is 17.2 Å². The third-order valence-corrected chi connectivity index (χ3v) is 7.96. The average Bonchev–Trinajstić information content (AvgIpc) is 3.29. The molecule has 2 aromatic carbocycles. The summed E-state index contributed by atoms with van der Waals surface area (Å²) < 4.78 is 15.0. The highest BCUT2D eigenvalue weighted by molar-refractivity contribution is 7.99. The number of amides is 1. The number of hydrogen-bond donors (Lipinski definition) is 1. The Labute approximate surface area is 216 Å². The molecule has 2 aromatic heterocycles. The van der Waals surface area contributed by atoms with E-state index in [1.807, 2.05) is 49.6 Å². The van der Waals surface area contributed by atoms with Gasteiger partial charge in [-0.3, -0.25) is 14.2 Å². The first-order chi connectivity index (χ1) is 17.2. The molecule has 9 heteroatoms. The first-order valence-corrected chi connectivity index (χ1v) is 13.3. The molecular weight excluding hydrogens is 495 g/mol. The van der Waals surface area contributed by atoms with Crippen molar-refractivity contribution >= 4 is 39.2 Å². The summed E-state index contributed by atoms with van der Waals surface area (Å²) in [6.45, 7) is 5.73. The zero-order valence-corrected chi connectivity index (χ0v) is 21.8. The molecule has 1 atom stereocenters. The minimum Gasteiger partial charge on any atom is -0.337 e. The number of nitrogens with one attached hydrogen (secondary N) is 1. The Hall–Kier alpha value is -3.48. The van der Waals surface area contributed by atoms with Crippen LogP contribution in [0, 0.1) is 23.1 Å². The number of hydrogen-bond acceptors (Lipinski definition) is 6. The first kappa shape index (κ1) is 25.6. The molecule has 0 bridgehead atoms. The van der Waals surface area contributed by atoms with Gasteiger partial charge in [0.2, 0.25) is 5.91 Å². The zero-order valence-electron chi connectivity index (χ0n) is 20.1. The monoisotopic (exact) mass is 520 g/mol. The van der Waals surface area contributed by atoms with Crippen molar-refractivity contribution in [2.45, 2.75) is 38.0 Å². The van der Waals surface area contributed by atoms with Crippen molar-refractivity contribution in [3.05, 3.63) is 81.7 Å². The number of thioether (sulfide) groups is 1. The van der Waals surface area contributed by atoms with Crippen LogP contribution >= 0.6 is 23.1 Å².